The number of rotatable bonds is 2. The van der Waals surface area contributed by atoms with Gasteiger partial charge in [-0.3, -0.25) is 0 Å². The average molecular weight is 319 g/mol. The van der Waals surface area contributed by atoms with E-state index in [9.17, 15) is 0 Å². The lowest BCUT2D eigenvalue weighted by Gasteiger charge is -2.38. The Labute approximate surface area is 134 Å². The number of anilines is 1. The van der Waals surface area contributed by atoms with Gasteiger partial charge in [-0.1, -0.05) is 0 Å². The second-order valence-electron chi connectivity index (χ2n) is 6.31. The number of hydrogen-bond acceptors (Lipinski definition) is 6. The van der Waals surface area contributed by atoms with Gasteiger partial charge in [0.25, 0.3) is 5.78 Å². The summed E-state index contributed by atoms with van der Waals surface area (Å²) < 4.78 is 7.93. The number of ether oxygens (including phenoxy) is 1. The predicted octanol–water partition coefficient (Wildman–Crippen LogP) is 2.21. The van der Waals surface area contributed by atoms with Crippen LogP contribution in [0.5, 0.6) is 0 Å². The van der Waals surface area contributed by atoms with Crippen molar-refractivity contribution in [2.24, 2.45) is 0 Å². The van der Waals surface area contributed by atoms with Gasteiger partial charge in [0.15, 0.2) is 0 Å². The van der Waals surface area contributed by atoms with Gasteiger partial charge in [0.2, 0.25) is 0 Å². The van der Waals surface area contributed by atoms with E-state index in [0.717, 1.165) is 42.3 Å². The number of aromatic nitrogens is 4. The van der Waals surface area contributed by atoms with Crippen molar-refractivity contribution in [2.75, 3.05) is 23.4 Å². The van der Waals surface area contributed by atoms with Gasteiger partial charge in [0.1, 0.15) is 12.1 Å². The van der Waals surface area contributed by atoms with Crippen LogP contribution in [0.1, 0.15) is 30.5 Å². The molecular formula is C15H21N5OS. The molecule has 0 saturated carbocycles. The maximum absolute atomic E-state index is 6.11. The van der Waals surface area contributed by atoms with Crippen LogP contribution in [0.2, 0.25) is 0 Å². The lowest BCUT2D eigenvalue weighted by Crippen LogP contribution is -2.44. The molecule has 4 rings (SSSR count). The Hall–Kier alpha value is -1.34. The van der Waals surface area contributed by atoms with Crippen molar-refractivity contribution in [2.45, 2.75) is 44.8 Å². The summed E-state index contributed by atoms with van der Waals surface area (Å²) in [7, 11) is 0. The third-order valence-electron chi connectivity index (χ3n) is 4.81. The molecule has 0 aliphatic carbocycles. The van der Waals surface area contributed by atoms with E-state index in [1.54, 1.807) is 6.33 Å². The molecule has 1 N–H and O–H groups in total. The molecule has 0 bridgehead atoms. The van der Waals surface area contributed by atoms with Crippen LogP contribution in [0.4, 0.5) is 5.82 Å². The van der Waals surface area contributed by atoms with Crippen LogP contribution in [0, 0.1) is 13.8 Å². The second kappa shape index (κ2) is 5.38. The predicted molar refractivity (Wildman–Crippen MR) is 87.5 cm³/mol. The minimum atomic E-state index is 0.0814. The Morgan fingerprint density at radius 3 is 3.18 bits per heavy atom. The molecule has 2 aliphatic rings. The van der Waals surface area contributed by atoms with Crippen LogP contribution in [-0.2, 0) is 4.74 Å². The van der Waals surface area contributed by atoms with Gasteiger partial charge >= 0.3 is 0 Å². The molecular weight excluding hydrogens is 298 g/mol. The highest BCUT2D eigenvalue weighted by Gasteiger charge is 2.40. The van der Waals surface area contributed by atoms with E-state index in [2.05, 4.69) is 27.3 Å². The van der Waals surface area contributed by atoms with Crippen molar-refractivity contribution in [3.63, 3.8) is 0 Å². The molecule has 2 aromatic heterocycles. The smallest absolute Gasteiger partial charge is 0.254 e. The highest BCUT2D eigenvalue weighted by Crippen LogP contribution is 2.39. The normalized spacial score (nSPS) is 28.5. The minimum absolute atomic E-state index is 0.0814. The van der Waals surface area contributed by atoms with Crippen molar-refractivity contribution < 1.29 is 4.74 Å². The lowest BCUT2D eigenvalue weighted by atomic mass is 9.90. The van der Waals surface area contributed by atoms with Gasteiger partial charge < -0.3 is 10.1 Å². The lowest BCUT2D eigenvalue weighted by molar-refractivity contribution is -0.0628. The molecule has 7 heteroatoms. The Morgan fingerprint density at radius 2 is 2.36 bits per heavy atom. The topological polar surface area (TPSA) is 64.3 Å². The van der Waals surface area contributed by atoms with Crippen molar-refractivity contribution in [3.8, 4) is 0 Å². The van der Waals surface area contributed by atoms with E-state index in [-0.39, 0.29) is 5.60 Å². The van der Waals surface area contributed by atoms with E-state index >= 15 is 0 Å². The number of fused-ring (bicyclic) bond motifs is 1. The quantitative estimate of drug-likeness (QED) is 0.915. The summed E-state index contributed by atoms with van der Waals surface area (Å²) in [5.41, 5.74) is 2.22. The fourth-order valence-corrected chi connectivity index (χ4v) is 4.79. The van der Waals surface area contributed by atoms with Gasteiger partial charge in [-0.05, 0) is 38.9 Å². The number of nitrogens with one attached hydrogen (secondary N) is 1. The first-order valence-electron chi connectivity index (χ1n) is 7.82. The van der Waals surface area contributed by atoms with Crippen LogP contribution in [0.25, 0.3) is 5.78 Å². The molecule has 2 aromatic rings. The summed E-state index contributed by atoms with van der Waals surface area (Å²) in [6.07, 6.45) is 4.83. The first-order valence-corrected chi connectivity index (χ1v) is 8.98. The molecule has 4 heterocycles. The Morgan fingerprint density at radius 1 is 1.45 bits per heavy atom. The van der Waals surface area contributed by atoms with Gasteiger partial charge in [-0.15, -0.1) is 0 Å². The largest absolute Gasteiger partial charge is 0.374 e. The summed E-state index contributed by atoms with van der Waals surface area (Å²) >= 11 is 2.01. The van der Waals surface area contributed by atoms with Crippen molar-refractivity contribution in [1.29, 1.82) is 0 Å². The summed E-state index contributed by atoms with van der Waals surface area (Å²) in [6, 6.07) is 0.417. The van der Waals surface area contributed by atoms with Gasteiger partial charge in [-0.25, -0.2) is 4.98 Å². The molecule has 1 spiro atoms. The number of thioether (sulfide) groups is 1. The van der Waals surface area contributed by atoms with E-state index in [1.807, 2.05) is 23.2 Å². The molecule has 22 heavy (non-hydrogen) atoms. The molecule has 0 radical (unpaired) electrons. The summed E-state index contributed by atoms with van der Waals surface area (Å²) in [4.78, 5) is 8.70. The Balaban J connectivity index is 1.63. The summed E-state index contributed by atoms with van der Waals surface area (Å²) in [6.45, 7) is 4.95. The zero-order chi connectivity index (χ0) is 15.2. The molecule has 2 saturated heterocycles. The van der Waals surface area contributed by atoms with E-state index in [1.165, 1.54) is 12.2 Å². The Kier molecular flexibility index (Phi) is 3.49. The van der Waals surface area contributed by atoms with E-state index in [0.29, 0.717) is 11.8 Å². The molecule has 0 aromatic carbocycles. The van der Waals surface area contributed by atoms with E-state index in [4.69, 9.17) is 4.74 Å². The van der Waals surface area contributed by atoms with Gasteiger partial charge in [0, 0.05) is 29.7 Å². The first-order chi connectivity index (χ1) is 10.7. The standard InChI is InChI=1S/C15H21N5OS/c1-10-11(2)18-14-16-9-17-20(14)13(10)19-12-3-5-21-15(7-12)4-6-22-8-15/h9,12,19H,3-8H2,1-2H3. The van der Waals surface area contributed by atoms with Crippen LogP contribution >= 0.6 is 11.8 Å². The zero-order valence-corrected chi connectivity index (χ0v) is 13.8. The average Bonchev–Trinajstić information content (AvgIpc) is 3.14. The molecule has 2 aliphatic heterocycles. The molecule has 6 nitrogen and oxygen atoms in total. The monoisotopic (exact) mass is 319 g/mol. The molecule has 2 unspecified atom stereocenters. The van der Waals surface area contributed by atoms with Crippen molar-refractivity contribution in [1.82, 2.24) is 19.6 Å². The van der Waals surface area contributed by atoms with Crippen LogP contribution in [0.15, 0.2) is 6.33 Å². The fourth-order valence-electron chi connectivity index (χ4n) is 3.41. The SMILES string of the molecule is Cc1nc2ncnn2c(NC2CCOC3(CCSC3)C2)c1C. The van der Waals surface area contributed by atoms with Gasteiger partial charge in [0.05, 0.1) is 5.60 Å². The number of hydrogen-bond donors (Lipinski definition) is 1. The summed E-state index contributed by atoms with van der Waals surface area (Å²) in [5, 5.41) is 8.02. The Bertz CT molecular complexity index is 695. The van der Waals surface area contributed by atoms with Crippen LogP contribution < -0.4 is 5.32 Å². The van der Waals surface area contributed by atoms with Crippen LogP contribution in [-0.4, -0.2) is 49.3 Å². The third kappa shape index (κ3) is 2.36. The number of aryl methyl sites for hydroxylation is 1. The highest BCUT2D eigenvalue weighted by atomic mass is 32.2. The first kappa shape index (κ1) is 14.3. The van der Waals surface area contributed by atoms with Crippen molar-refractivity contribution in [3.05, 3.63) is 17.6 Å². The molecule has 0 amide bonds. The van der Waals surface area contributed by atoms with E-state index < -0.39 is 0 Å². The van der Waals surface area contributed by atoms with Gasteiger partial charge in [-0.2, -0.15) is 26.4 Å². The molecule has 118 valence electrons. The zero-order valence-electron chi connectivity index (χ0n) is 13.0. The maximum Gasteiger partial charge on any atom is 0.254 e. The summed E-state index contributed by atoms with van der Waals surface area (Å²) in [5.74, 6) is 4.02. The maximum atomic E-state index is 6.11. The fraction of sp³-hybridized carbons (Fsp3) is 0.667. The minimum Gasteiger partial charge on any atom is -0.374 e. The highest BCUT2D eigenvalue weighted by molar-refractivity contribution is 7.99. The molecule has 2 fully saturated rings. The van der Waals surface area contributed by atoms with Crippen LogP contribution in [0.3, 0.4) is 0 Å². The molecule has 2 atom stereocenters. The number of nitrogens with zero attached hydrogens (tertiary/aromatic N) is 4. The second-order valence-corrected chi connectivity index (χ2v) is 7.42. The van der Waals surface area contributed by atoms with Crippen molar-refractivity contribution >= 4 is 23.4 Å². The third-order valence-corrected chi connectivity index (χ3v) is 6.03.